The highest BCUT2D eigenvalue weighted by Gasteiger charge is 2.66. The van der Waals surface area contributed by atoms with E-state index in [0.717, 1.165) is 39.0 Å². The van der Waals surface area contributed by atoms with Crippen LogP contribution in [0.4, 0.5) is 15.5 Å². The molecule has 256 valence electrons. The van der Waals surface area contributed by atoms with E-state index in [1.54, 1.807) is 27.6 Å². The molecule has 5 atom stereocenters. The standard InChI is InChI=1S/C37H41BrFN5O4Si/c1-24-35(49(2,3)39)33(17-19-42-22-31(40-41-42)29(23-45)26-8-5-4-6-9-26)48-37(24)30-20-27(38)13-16-32(30)44(36(37)47)21-25-11-14-28(15-12-25)43-18-7-10-34(43)46/h4-6,8-9,11-16,20,22,24,29,33,35,45H,7,10,17-19,21,23H2,1-3H3/t24-,29?,33+,35-,37+/m0/s1. The minimum absolute atomic E-state index is 0.103. The molecule has 1 spiro atoms. The predicted octanol–water partition coefficient (Wildman–Crippen LogP) is 6.70. The number of amides is 2. The summed E-state index contributed by atoms with van der Waals surface area (Å²) in [6.45, 7) is 6.72. The predicted molar refractivity (Wildman–Crippen MR) is 191 cm³/mol. The molecule has 3 aromatic carbocycles. The Morgan fingerprint density at radius 1 is 1.10 bits per heavy atom. The quantitative estimate of drug-likeness (QED) is 0.143. The molecule has 4 aromatic rings. The number of anilines is 2. The molecule has 1 unspecified atom stereocenters. The molecule has 0 bridgehead atoms. The summed E-state index contributed by atoms with van der Waals surface area (Å²) >= 11 is 3.62. The highest BCUT2D eigenvalue weighted by Crippen LogP contribution is 2.60. The van der Waals surface area contributed by atoms with Crippen LogP contribution in [0.1, 0.15) is 54.5 Å². The highest BCUT2D eigenvalue weighted by molar-refractivity contribution is 9.10. The van der Waals surface area contributed by atoms with Crippen molar-refractivity contribution in [1.82, 2.24) is 15.0 Å². The van der Waals surface area contributed by atoms with Crippen molar-refractivity contribution >= 4 is 47.5 Å². The van der Waals surface area contributed by atoms with Gasteiger partial charge in [0.15, 0.2) is 5.60 Å². The Morgan fingerprint density at radius 2 is 1.86 bits per heavy atom. The van der Waals surface area contributed by atoms with Gasteiger partial charge in [0, 0.05) is 52.9 Å². The van der Waals surface area contributed by atoms with Crippen LogP contribution < -0.4 is 9.80 Å². The lowest BCUT2D eigenvalue weighted by molar-refractivity contribution is -0.146. The lowest BCUT2D eigenvalue weighted by Gasteiger charge is -2.31. The van der Waals surface area contributed by atoms with E-state index in [2.05, 4.69) is 26.2 Å². The largest absolute Gasteiger partial charge is 0.395 e. The fraction of sp³-hybridized carbons (Fsp3) is 0.405. The second-order valence-electron chi connectivity index (χ2n) is 14.0. The van der Waals surface area contributed by atoms with Gasteiger partial charge < -0.3 is 23.8 Å². The van der Waals surface area contributed by atoms with Gasteiger partial charge in [0.25, 0.3) is 5.91 Å². The van der Waals surface area contributed by atoms with E-state index < -0.39 is 31.6 Å². The van der Waals surface area contributed by atoms with Crippen LogP contribution in [0.5, 0.6) is 0 Å². The van der Waals surface area contributed by atoms with E-state index in [-0.39, 0.29) is 24.3 Å². The van der Waals surface area contributed by atoms with Crippen LogP contribution in [0.2, 0.25) is 18.6 Å². The molecular weight excluding hydrogens is 705 g/mol. The summed E-state index contributed by atoms with van der Waals surface area (Å²) in [5.41, 5.74) is 3.11. The van der Waals surface area contributed by atoms with Gasteiger partial charge in [-0.05, 0) is 67.4 Å². The number of rotatable bonds is 10. The maximum absolute atomic E-state index is 16.4. The van der Waals surface area contributed by atoms with Gasteiger partial charge in [-0.1, -0.05) is 70.5 Å². The molecule has 3 aliphatic rings. The smallest absolute Gasteiger partial charge is 0.264 e. The van der Waals surface area contributed by atoms with Gasteiger partial charge in [0.1, 0.15) is 0 Å². The second kappa shape index (κ2) is 13.2. The lowest BCUT2D eigenvalue weighted by Crippen LogP contribution is -2.45. The van der Waals surface area contributed by atoms with E-state index in [4.69, 9.17) is 4.74 Å². The van der Waals surface area contributed by atoms with Crippen LogP contribution in [-0.2, 0) is 33.0 Å². The number of nitrogens with zero attached hydrogens (tertiary/aromatic N) is 5. The van der Waals surface area contributed by atoms with Gasteiger partial charge in [-0.25, -0.2) is 0 Å². The fourth-order valence-electron chi connectivity index (χ4n) is 8.23. The van der Waals surface area contributed by atoms with E-state index in [1.165, 1.54) is 0 Å². The van der Waals surface area contributed by atoms with Gasteiger partial charge in [0.05, 0.1) is 36.6 Å². The van der Waals surface area contributed by atoms with Crippen molar-refractivity contribution in [3.63, 3.8) is 0 Å². The normalized spacial score (nSPS) is 24.3. The van der Waals surface area contributed by atoms with Gasteiger partial charge >= 0.3 is 0 Å². The number of carbonyl (C=O) groups is 2. The lowest BCUT2D eigenvalue weighted by atomic mass is 9.82. The maximum Gasteiger partial charge on any atom is 0.264 e. The number of halogens is 2. The molecule has 2 saturated heterocycles. The van der Waals surface area contributed by atoms with Crippen molar-refractivity contribution in [3.8, 4) is 0 Å². The van der Waals surface area contributed by atoms with E-state index >= 15 is 4.11 Å². The Bertz CT molecular complexity index is 1850. The number of aryl methyl sites for hydroxylation is 1. The molecule has 4 heterocycles. The summed E-state index contributed by atoms with van der Waals surface area (Å²) in [6, 6.07) is 23.3. The van der Waals surface area contributed by atoms with Crippen LogP contribution in [-0.4, -0.2) is 59.6 Å². The zero-order valence-electron chi connectivity index (χ0n) is 27.9. The third-order valence-corrected chi connectivity index (χ3v) is 13.5. The zero-order chi connectivity index (χ0) is 34.5. The minimum Gasteiger partial charge on any atom is -0.395 e. The van der Waals surface area contributed by atoms with Crippen LogP contribution >= 0.6 is 15.9 Å². The molecule has 9 nitrogen and oxygen atoms in total. The monoisotopic (exact) mass is 745 g/mol. The Balaban J connectivity index is 1.15. The van der Waals surface area contributed by atoms with E-state index in [1.807, 2.05) is 85.9 Å². The first-order chi connectivity index (χ1) is 23.5. The van der Waals surface area contributed by atoms with Gasteiger partial charge in [-0.2, -0.15) is 0 Å². The number of aliphatic hydroxyl groups excluding tert-OH is 1. The van der Waals surface area contributed by atoms with E-state index in [0.29, 0.717) is 38.2 Å². The Kier molecular flexibility index (Phi) is 9.10. The van der Waals surface area contributed by atoms with Crippen molar-refractivity contribution < 1.29 is 23.5 Å². The number of hydrogen-bond acceptors (Lipinski definition) is 6. The number of ether oxygens (including phenoxy) is 1. The molecule has 49 heavy (non-hydrogen) atoms. The van der Waals surface area contributed by atoms with Crippen LogP contribution in [0.3, 0.4) is 0 Å². The first-order valence-corrected chi connectivity index (χ1v) is 20.7. The topological polar surface area (TPSA) is 101 Å². The van der Waals surface area contributed by atoms with E-state index in [9.17, 15) is 14.7 Å². The summed E-state index contributed by atoms with van der Waals surface area (Å²) < 4.78 is 25.8. The number of aliphatic hydroxyl groups is 1. The molecule has 3 aliphatic heterocycles. The molecule has 0 radical (unpaired) electrons. The van der Waals surface area contributed by atoms with Gasteiger partial charge in [-0.15, -0.1) is 5.10 Å². The minimum atomic E-state index is -3.35. The number of benzene rings is 3. The molecule has 2 amide bonds. The molecule has 0 aliphatic carbocycles. The molecule has 2 fully saturated rings. The van der Waals surface area contributed by atoms with Crippen LogP contribution in [0.25, 0.3) is 0 Å². The second-order valence-corrected chi connectivity index (χ2v) is 18.7. The number of fused-ring (bicyclic) bond motifs is 2. The van der Waals surface area contributed by atoms with Crippen molar-refractivity contribution in [1.29, 1.82) is 0 Å². The SMILES string of the molecule is C[C@H]1[C@H]([Si](C)(C)F)[C@@H](CCn2cc(C(CO)c3ccccc3)nn2)O[C@]12C(=O)N(Cc1ccc(N3CCCC3=O)cc1)c1ccc(Br)cc12. The van der Waals surface area contributed by atoms with Crippen LogP contribution in [0, 0.1) is 5.92 Å². The molecular formula is C37H41BrFN5O4Si. The maximum atomic E-state index is 16.4. The molecule has 1 aromatic heterocycles. The average Bonchev–Trinajstić information content (AvgIpc) is 3.84. The van der Waals surface area contributed by atoms with Crippen molar-refractivity contribution in [3.05, 3.63) is 106 Å². The first kappa shape index (κ1) is 33.8. The van der Waals surface area contributed by atoms with Crippen molar-refractivity contribution in [2.24, 2.45) is 5.92 Å². The zero-order valence-corrected chi connectivity index (χ0v) is 30.5. The third kappa shape index (κ3) is 6.06. The molecule has 0 saturated carbocycles. The summed E-state index contributed by atoms with van der Waals surface area (Å²) in [5, 5.41) is 18.8. The Morgan fingerprint density at radius 3 is 2.53 bits per heavy atom. The fourth-order valence-corrected chi connectivity index (χ4v) is 11.1. The molecule has 12 heteroatoms. The van der Waals surface area contributed by atoms with Gasteiger partial charge in [0.2, 0.25) is 14.3 Å². The first-order valence-electron chi connectivity index (χ1n) is 16.9. The summed E-state index contributed by atoms with van der Waals surface area (Å²) in [5.74, 6) is -0.775. The number of carbonyl (C=O) groups excluding carboxylic acids is 2. The Hall–Kier alpha value is -3.71. The number of hydrogen-bond donors (Lipinski definition) is 1. The Labute approximate surface area is 295 Å². The highest BCUT2D eigenvalue weighted by atomic mass is 79.9. The summed E-state index contributed by atoms with van der Waals surface area (Å²) in [7, 11) is -3.35. The van der Waals surface area contributed by atoms with Gasteiger partial charge in [-0.3, -0.25) is 14.3 Å². The summed E-state index contributed by atoms with van der Waals surface area (Å²) in [4.78, 5) is 30.6. The summed E-state index contributed by atoms with van der Waals surface area (Å²) in [6.07, 6.45) is 3.17. The average molecular weight is 747 g/mol. The molecule has 1 N–H and O–H groups in total. The number of aromatic nitrogens is 3. The molecule has 7 rings (SSSR count). The third-order valence-electron chi connectivity index (χ3n) is 10.5. The van der Waals surface area contributed by atoms with Crippen molar-refractivity contribution in [2.75, 3.05) is 23.0 Å². The van der Waals surface area contributed by atoms with Crippen molar-refractivity contribution in [2.45, 2.75) is 75.5 Å². The van der Waals surface area contributed by atoms with Crippen LogP contribution in [0.15, 0.2) is 83.5 Å².